The Bertz CT molecular complexity index is 675. The topological polar surface area (TPSA) is 37.3 Å². The highest BCUT2D eigenvalue weighted by atomic mass is 16.3. The Morgan fingerprint density at radius 2 is 1.57 bits per heavy atom. The highest BCUT2D eigenvalue weighted by molar-refractivity contribution is 6.06. The number of hydrogen-bond donors (Lipinski definition) is 1. The number of hydrogen-bond acceptors (Lipinski definition) is 2. The molecule has 0 atom stereocenters. The Morgan fingerprint density at radius 1 is 0.913 bits per heavy atom. The maximum atomic E-state index is 12.2. The highest BCUT2D eigenvalue weighted by Crippen LogP contribution is 2.32. The Kier molecular flexibility index (Phi) is 4.92. The SMILES string of the molecule is O=C(/C=C/c1ccc(O)cc1)c1ccc(C2CCCCC2)cc1. The normalized spacial score (nSPS) is 15.8. The van der Waals surface area contributed by atoms with Crippen LogP contribution in [0.3, 0.4) is 0 Å². The van der Waals surface area contributed by atoms with Crippen LogP contribution >= 0.6 is 0 Å². The summed E-state index contributed by atoms with van der Waals surface area (Å²) in [5.41, 5.74) is 2.98. The van der Waals surface area contributed by atoms with Gasteiger partial charge in [-0.25, -0.2) is 0 Å². The molecule has 0 spiro atoms. The lowest BCUT2D eigenvalue weighted by molar-refractivity contribution is 0.104. The molecule has 1 saturated carbocycles. The van der Waals surface area contributed by atoms with Crippen LogP contribution in [0.2, 0.25) is 0 Å². The zero-order valence-electron chi connectivity index (χ0n) is 13.2. The smallest absolute Gasteiger partial charge is 0.185 e. The van der Waals surface area contributed by atoms with Crippen molar-refractivity contribution in [1.29, 1.82) is 0 Å². The number of phenols is 1. The van der Waals surface area contributed by atoms with E-state index < -0.39 is 0 Å². The van der Waals surface area contributed by atoms with Crippen LogP contribution in [-0.2, 0) is 0 Å². The summed E-state index contributed by atoms with van der Waals surface area (Å²) < 4.78 is 0. The first kappa shape index (κ1) is 15.5. The molecule has 2 aromatic rings. The van der Waals surface area contributed by atoms with Crippen LogP contribution in [0.25, 0.3) is 6.08 Å². The molecule has 0 aromatic heterocycles. The molecule has 118 valence electrons. The van der Waals surface area contributed by atoms with Gasteiger partial charge in [-0.15, -0.1) is 0 Å². The van der Waals surface area contributed by atoms with E-state index in [0.717, 1.165) is 11.1 Å². The number of carbonyl (C=O) groups excluding carboxylic acids is 1. The van der Waals surface area contributed by atoms with E-state index in [9.17, 15) is 9.90 Å². The average molecular weight is 306 g/mol. The third-order valence-corrected chi connectivity index (χ3v) is 4.59. The van der Waals surface area contributed by atoms with Crippen molar-refractivity contribution in [3.63, 3.8) is 0 Å². The summed E-state index contributed by atoms with van der Waals surface area (Å²) in [5, 5.41) is 9.25. The fourth-order valence-electron chi connectivity index (χ4n) is 3.21. The summed E-state index contributed by atoms with van der Waals surface area (Å²) in [6.45, 7) is 0. The Balaban J connectivity index is 1.66. The second-order valence-electron chi connectivity index (χ2n) is 6.25. The number of ketones is 1. The largest absolute Gasteiger partial charge is 0.508 e. The zero-order valence-corrected chi connectivity index (χ0v) is 13.2. The number of aromatic hydroxyl groups is 1. The predicted molar refractivity (Wildman–Crippen MR) is 93.7 cm³/mol. The van der Waals surface area contributed by atoms with E-state index in [1.165, 1.54) is 37.7 Å². The van der Waals surface area contributed by atoms with E-state index >= 15 is 0 Å². The van der Waals surface area contributed by atoms with Crippen molar-refractivity contribution in [3.05, 3.63) is 71.3 Å². The molecule has 0 aliphatic heterocycles. The summed E-state index contributed by atoms with van der Waals surface area (Å²) in [7, 11) is 0. The number of allylic oxidation sites excluding steroid dienone is 1. The van der Waals surface area contributed by atoms with E-state index in [-0.39, 0.29) is 11.5 Å². The van der Waals surface area contributed by atoms with Gasteiger partial charge in [-0.05, 0) is 48.1 Å². The number of phenolic OH excluding ortho intramolecular Hbond substituents is 1. The first-order valence-corrected chi connectivity index (χ1v) is 8.34. The summed E-state index contributed by atoms with van der Waals surface area (Å²) in [6, 6.07) is 14.9. The number of carbonyl (C=O) groups is 1. The molecule has 2 nitrogen and oxygen atoms in total. The minimum atomic E-state index is 0.00766. The molecular formula is C21H22O2. The lowest BCUT2D eigenvalue weighted by atomic mass is 9.84. The van der Waals surface area contributed by atoms with Crippen molar-refractivity contribution >= 4 is 11.9 Å². The van der Waals surface area contributed by atoms with Gasteiger partial charge in [0.05, 0.1) is 0 Å². The highest BCUT2D eigenvalue weighted by Gasteiger charge is 2.15. The predicted octanol–water partition coefficient (Wildman–Crippen LogP) is 5.34. The molecule has 0 amide bonds. The molecule has 3 rings (SSSR count). The maximum Gasteiger partial charge on any atom is 0.185 e. The first-order chi connectivity index (χ1) is 11.2. The van der Waals surface area contributed by atoms with E-state index in [4.69, 9.17) is 0 Å². The Labute approximate surface area is 137 Å². The molecule has 0 saturated heterocycles. The van der Waals surface area contributed by atoms with Crippen molar-refractivity contribution in [2.45, 2.75) is 38.0 Å². The average Bonchev–Trinajstić information content (AvgIpc) is 2.62. The van der Waals surface area contributed by atoms with Crippen LogP contribution in [0.5, 0.6) is 5.75 Å². The number of rotatable bonds is 4. The molecule has 2 aromatic carbocycles. The van der Waals surface area contributed by atoms with Gasteiger partial charge in [-0.2, -0.15) is 0 Å². The fraction of sp³-hybridized carbons (Fsp3) is 0.286. The van der Waals surface area contributed by atoms with Gasteiger partial charge in [0.25, 0.3) is 0 Å². The summed E-state index contributed by atoms with van der Waals surface area (Å²) >= 11 is 0. The van der Waals surface area contributed by atoms with Crippen LogP contribution in [0.1, 0.15) is 59.5 Å². The van der Waals surface area contributed by atoms with Gasteiger partial charge in [-0.3, -0.25) is 4.79 Å². The van der Waals surface area contributed by atoms with Gasteiger partial charge < -0.3 is 5.11 Å². The van der Waals surface area contributed by atoms with Crippen molar-refractivity contribution in [2.24, 2.45) is 0 Å². The minimum Gasteiger partial charge on any atom is -0.508 e. The minimum absolute atomic E-state index is 0.00766. The molecule has 0 bridgehead atoms. The van der Waals surface area contributed by atoms with Gasteiger partial charge in [0.15, 0.2) is 5.78 Å². The van der Waals surface area contributed by atoms with E-state index in [0.29, 0.717) is 5.92 Å². The Hall–Kier alpha value is -2.35. The van der Waals surface area contributed by atoms with Gasteiger partial charge in [-0.1, -0.05) is 61.7 Å². The molecule has 0 heterocycles. The monoisotopic (exact) mass is 306 g/mol. The van der Waals surface area contributed by atoms with Gasteiger partial charge in [0.1, 0.15) is 5.75 Å². The molecule has 1 N–H and O–H groups in total. The fourth-order valence-corrected chi connectivity index (χ4v) is 3.21. The van der Waals surface area contributed by atoms with Crippen LogP contribution in [-0.4, -0.2) is 10.9 Å². The molecule has 1 aliphatic carbocycles. The van der Waals surface area contributed by atoms with Crippen LogP contribution in [0, 0.1) is 0 Å². The number of benzene rings is 2. The second kappa shape index (κ2) is 7.28. The maximum absolute atomic E-state index is 12.2. The van der Waals surface area contributed by atoms with Crippen LogP contribution in [0.15, 0.2) is 54.6 Å². The van der Waals surface area contributed by atoms with Crippen molar-refractivity contribution in [1.82, 2.24) is 0 Å². The van der Waals surface area contributed by atoms with Crippen LogP contribution < -0.4 is 0 Å². The summed E-state index contributed by atoms with van der Waals surface area (Å²) in [6.07, 6.45) is 9.90. The summed E-state index contributed by atoms with van der Waals surface area (Å²) in [5.74, 6) is 0.903. The zero-order chi connectivity index (χ0) is 16.1. The van der Waals surface area contributed by atoms with Crippen molar-refractivity contribution < 1.29 is 9.90 Å². The van der Waals surface area contributed by atoms with Crippen LogP contribution in [0.4, 0.5) is 0 Å². The van der Waals surface area contributed by atoms with Crippen molar-refractivity contribution in [3.8, 4) is 5.75 Å². The molecule has 1 fully saturated rings. The molecule has 2 heteroatoms. The third-order valence-electron chi connectivity index (χ3n) is 4.59. The van der Waals surface area contributed by atoms with Gasteiger partial charge >= 0.3 is 0 Å². The standard InChI is InChI=1S/C21H22O2/c22-20-13-6-16(7-14-20)8-15-21(23)19-11-9-18(10-12-19)17-4-2-1-3-5-17/h6-15,17,22H,1-5H2/b15-8+. The lowest BCUT2D eigenvalue weighted by Crippen LogP contribution is -2.04. The summed E-state index contributed by atoms with van der Waals surface area (Å²) in [4.78, 5) is 12.2. The van der Waals surface area contributed by atoms with E-state index in [1.54, 1.807) is 36.4 Å². The molecule has 0 radical (unpaired) electrons. The second-order valence-corrected chi connectivity index (χ2v) is 6.25. The molecule has 0 unspecified atom stereocenters. The van der Waals surface area contributed by atoms with Gasteiger partial charge in [0, 0.05) is 5.56 Å². The molecular weight excluding hydrogens is 284 g/mol. The molecule has 1 aliphatic rings. The molecule has 23 heavy (non-hydrogen) atoms. The quantitative estimate of drug-likeness (QED) is 0.612. The van der Waals surface area contributed by atoms with E-state index in [1.807, 2.05) is 12.1 Å². The van der Waals surface area contributed by atoms with E-state index in [2.05, 4.69) is 12.1 Å². The van der Waals surface area contributed by atoms with Gasteiger partial charge in [0.2, 0.25) is 0 Å². The third kappa shape index (κ3) is 4.10. The van der Waals surface area contributed by atoms with Crippen molar-refractivity contribution in [2.75, 3.05) is 0 Å². The lowest BCUT2D eigenvalue weighted by Gasteiger charge is -2.21. The Morgan fingerprint density at radius 3 is 2.22 bits per heavy atom. The first-order valence-electron chi connectivity index (χ1n) is 8.34.